The van der Waals surface area contributed by atoms with Gasteiger partial charge >= 0.3 is 0 Å². The van der Waals surface area contributed by atoms with Crippen LogP contribution >= 0.6 is 27.5 Å². The third kappa shape index (κ3) is 3.97. The molecule has 0 spiro atoms. The van der Waals surface area contributed by atoms with Gasteiger partial charge in [0.25, 0.3) is 5.91 Å². The molecule has 1 fully saturated rings. The van der Waals surface area contributed by atoms with Crippen LogP contribution in [0.15, 0.2) is 21.5 Å². The van der Waals surface area contributed by atoms with Crippen LogP contribution in [0.3, 0.4) is 0 Å². The van der Waals surface area contributed by atoms with Gasteiger partial charge in [0.1, 0.15) is 0 Å². The predicted molar refractivity (Wildman–Crippen MR) is 84.8 cm³/mol. The van der Waals surface area contributed by atoms with Crippen molar-refractivity contribution in [2.75, 3.05) is 13.1 Å². The third-order valence-corrected chi connectivity index (χ3v) is 5.56. The fourth-order valence-electron chi connectivity index (χ4n) is 2.02. The minimum Gasteiger partial charge on any atom is -0.339 e. The van der Waals surface area contributed by atoms with Gasteiger partial charge in [0, 0.05) is 17.6 Å². The highest BCUT2D eigenvalue weighted by atomic mass is 79.9. The SMILES string of the molecule is CCN(CC1CC1)C(=O)c1cc(S(N)(=O)=O)cc(Br)c1Cl. The number of carbonyl (C=O) groups excluding carboxylic acids is 1. The topological polar surface area (TPSA) is 80.5 Å². The van der Waals surface area contributed by atoms with E-state index in [-0.39, 0.29) is 21.4 Å². The molecule has 1 aromatic carbocycles. The Morgan fingerprint density at radius 3 is 2.57 bits per heavy atom. The first-order chi connectivity index (χ1) is 9.74. The molecule has 5 nitrogen and oxygen atoms in total. The number of rotatable bonds is 5. The highest BCUT2D eigenvalue weighted by molar-refractivity contribution is 9.10. The van der Waals surface area contributed by atoms with Gasteiger partial charge < -0.3 is 4.90 Å². The second-order valence-electron chi connectivity index (χ2n) is 5.10. The lowest BCUT2D eigenvalue weighted by Gasteiger charge is -2.22. The first-order valence-corrected chi connectivity index (χ1v) is 9.27. The molecule has 116 valence electrons. The van der Waals surface area contributed by atoms with E-state index in [0.29, 0.717) is 23.5 Å². The van der Waals surface area contributed by atoms with Crippen LogP contribution in [0.4, 0.5) is 0 Å². The monoisotopic (exact) mass is 394 g/mol. The van der Waals surface area contributed by atoms with Crippen molar-refractivity contribution in [2.24, 2.45) is 11.1 Å². The molecule has 8 heteroatoms. The highest BCUT2D eigenvalue weighted by Gasteiger charge is 2.28. The molecule has 0 heterocycles. The number of halogens is 2. The minimum atomic E-state index is -3.90. The summed E-state index contributed by atoms with van der Waals surface area (Å²) in [5, 5.41) is 5.32. The molecule has 2 N–H and O–H groups in total. The van der Waals surface area contributed by atoms with Gasteiger partial charge in [-0.1, -0.05) is 11.6 Å². The zero-order valence-electron chi connectivity index (χ0n) is 11.5. The van der Waals surface area contributed by atoms with Crippen LogP contribution in [0.1, 0.15) is 30.1 Å². The lowest BCUT2D eigenvalue weighted by molar-refractivity contribution is 0.0757. The molecule has 0 radical (unpaired) electrons. The van der Waals surface area contributed by atoms with Crippen molar-refractivity contribution in [3.05, 3.63) is 27.2 Å². The molecule has 0 unspecified atom stereocenters. The summed E-state index contributed by atoms with van der Waals surface area (Å²) in [4.78, 5) is 14.1. The van der Waals surface area contributed by atoms with Gasteiger partial charge in [-0.2, -0.15) is 0 Å². The molecule has 1 aromatic rings. The lowest BCUT2D eigenvalue weighted by Crippen LogP contribution is -2.33. The second-order valence-corrected chi connectivity index (χ2v) is 7.89. The maximum atomic E-state index is 12.6. The molecule has 1 amide bonds. The van der Waals surface area contributed by atoms with Crippen LogP contribution in [0.2, 0.25) is 5.02 Å². The van der Waals surface area contributed by atoms with Gasteiger partial charge in [0.05, 0.1) is 15.5 Å². The average molecular weight is 396 g/mol. The van der Waals surface area contributed by atoms with E-state index in [1.54, 1.807) is 4.90 Å². The molecule has 1 aliphatic rings. The Morgan fingerprint density at radius 1 is 1.48 bits per heavy atom. The summed E-state index contributed by atoms with van der Waals surface area (Å²) in [6, 6.07) is 2.53. The number of carbonyl (C=O) groups is 1. The maximum absolute atomic E-state index is 12.6. The van der Waals surface area contributed by atoms with E-state index in [4.69, 9.17) is 16.7 Å². The van der Waals surface area contributed by atoms with Crippen LogP contribution in [-0.4, -0.2) is 32.3 Å². The van der Waals surface area contributed by atoms with E-state index in [2.05, 4.69) is 15.9 Å². The average Bonchev–Trinajstić information content (AvgIpc) is 3.21. The Morgan fingerprint density at radius 2 is 2.10 bits per heavy atom. The normalized spacial score (nSPS) is 15.0. The first-order valence-electron chi connectivity index (χ1n) is 6.55. The fraction of sp³-hybridized carbons (Fsp3) is 0.462. The summed E-state index contributed by atoms with van der Waals surface area (Å²) >= 11 is 9.30. The van der Waals surface area contributed by atoms with E-state index >= 15 is 0 Å². The number of sulfonamides is 1. The molecule has 2 rings (SSSR count). The van der Waals surface area contributed by atoms with E-state index < -0.39 is 10.0 Å². The third-order valence-electron chi connectivity index (χ3n) is 3.41. The van der Waals surface area contributed by atoms with Gasteiger partial charge in [0.2, 0.25) is 10.0 Å². The first kappa shape index (κ1) is 16.7. The lowest BCUT2D eigenvalue weighted by atomic mass is 10.2. The number of benzene rings is 1. The Bertz CT molecular complexity index is 674. The van der Waals surface area contributed by atoms with Crippen molar-refractivity contribution in [1.82, 2.24) is 4.90 Å². The number of nitrogens with two attached hydrogens (primary N) is 1. The summed E-state index contributed by atoms with van der Waals surface area (Å²) in [6.07, 6.45) is 2.25. The largest absolute Gasteiger partial charge is 0.339 e. The summed E-state index contributed by atoms with van der Waals surface area (Å²) in [5.41, 5.74) is 0.151. The summed E-state index contributed by atoms with van der Waals surface area (Å²) in [7, 11) is -3.90. The van der Waals surface area contributed by atoms with Crippen LogP contribution in [0, 0.1) is 5.92 Å². The van der Waals surface area contributed by atoms with Crippen molar-refractivity contribution >= 4 is 43.5 Å². The molecule has 21 heavy (non-hydrogen) atoms. The molecule has 1 aliphatic carbocycles. The smallest absolute Gasteiger partial charge is 0.255 e. The fourth-order valence-corrected chi connectivity index (χ4v) is 3.39. The van der Waals surface area contributed by atoms with Crippen LogP contribution in [0.5, 0.6) is 0 Å². The Hall–Kier alpha value is -0.630. The molecule has 0 aromatic heterocycles. The standard InChI is InChI=1S/C13H16BrClN2O3S/c1-2-17(7-8-3-4-8)13(18)10-5-9(21(16,19)20)6-11(14)12(10)15/h5-6,8H,2-4,7H2,1H3,(H2,16,19,20). The van der Waals surface area contributed by atoms with Crippen LogP contribution in [-0.2, 0) is 10.0 Å². The van der Waals surface area contributed by atoms with E-state index in [9.17, 15) is 13.2 Å². The predicted octanol–water partition coefficient (Wildman–Crippen LogP) is 2.62. The van der Waals surface area contributed by atoms with Crippen molar-refractivity contribution in [3.63, 3.8) is 0 Å². The van der Waals surface area contributed by atoms with Gasteiger partial charge in [-0.15, -0.1) is 0 Å². The second kappa shape index (κ2) is 6.24. The van der Waals surface area contributed by atoms with Crippen molar-refractivity contribution < 1.29 is 13.2 Å². The molecule has 0 atom stereocenters. The molecular weight excluding hydrogens is 380 g/mol. The Balaban J connectivity index is 2.41. The van der Waals surface area contributed by atoms with Crippen molar-refractivity contribution in [1.29, 1.82) is 0 Å². The van der Waals surface area contributed by atoms with Gasteiger partial charge in [0.15, 0.2) is 0 Å². The molecule has 0 bridgehead atoms. The van der Waals surface area contributed by atoms with Gasteiger partial charge in [-0.3, -0.25) is 4.79 Å². The van der Waals surface area contributed by atoms with E-state index in [1.165, 1.54) is 12.1 Å². The Labute approximate surface area is 137 Å². The summed E-state index contributed by atoms with van der Waals surface area (Å²) < 4.78 is 23.3. The number of hydrogen-bond acceptors (Lipinski definition) is 3. The maximum Gasteiger partial charge on any atom is 0.255 e. The van der Waals surface area contributed by atoms with Crippen molar-refractivity contribution in [3.8, 4) is 0 Å². The van der Waals surface area contributed by atoms with Crippen molar-refractivity contribution in [2.45, 2.75) is 24.7 Å². The number of amides is 1. The zero-order chi connectivity index (χ0) is 15.8. The number of primary sulfonamides is 1. The van der Waals surface area contributed by atoms with Crippen LogP contribution in [0.25, 0.3) is 0 Å². The molecule has 0 saturated heterocycles. The van der Waals surface area contributed by atoms with E-state index in [0.717, 1.165) is 12.8 Å². The van der Waals surface area contributed by atoms with E-state index in [1.807, 2.05) is 6.92 Å². The van der Waals surface area contributed by atoms with Crippen LogP contribution < -0.4 is 5.14 Å². The quantitative estimate of drug-likeness (QED) is 0.832. The summed E-state index contributed by atoms with van der Waals surface area (Å²) in [5.74, 6) is 0.262. The van der Waals surface area contributed by atoms with Gasteiger partial charge in [-0.25, -0.2) is 13.6 Å². The molecular formula is C13H16BrClN2O3S. The van der Waals surface area contributed by atoms with Gasteiger partial charge in [-0.05, 0) is 53.7 Å². The minimum absolute atomic E-state index is 0.135. The molecule has 0 aliphatic heterocycles. The summed E-state index contributed by atoms with van der Waals surface area (Å²) in [6.45, 7) is 3.10. The zero-order valence-corrected chi connectivity index (χ0v) is 14.6. The number of hydrogen-bond donors (Lipinski definition) is 1. The Kier molecular flexibility index (Phi) is 4.97. The highest BCUT2D eigenvalue weighted by Crippen LogP contribution is 2.33. The molecule has 1 saturated carbocycles. The number of nitrogens with zero attached hydrogens (tertiary/aromatic N) is 1.